The zero-order valence-electron chi connectivity index (χ0n) is 20.8. The number of terminal acetylenes is 1. The first-order chi connectivity index (χ1) is 17.4. The van der Waals surface area contributed by atoms with Crippen molar-refractivity contribution < 1.29 is 13.9 Å². The molecule has 3 heterocycles. The van der Waals surface area contributed by atoms with Gasteiger partial charge < -0.3 is 18.8 Å². The number of hydrogen-bond donors (Lipinski definition) is 0. The van der Waals surface area contributed by atoms with E-state index in [1.54, 1.807) is 0 Å². The third kappa shape index (κ3) is 6.18. The molecule has 0 atom stereocenters. The molecule has 2 aromatic carbocycles. The standard InChI is InChI=1S/C27H30Cl2N2O3.C2H2/c1-27(2)17-33-26(30-27)25-16-20-23(5-3-6-24(20)34-25)32-14-4-11-31-12-9-18(10-13-31)19-7-8-21(28)22(29)15-19;1-2/h3,5-8,15-16,18H,4,9-14,17H2,1-2H3;1-2H. The molecule has 0 N–H and O–H groups in total. The van der Waals surface area contributed by atoms with Crippen molar-refractivity contribution in [3.63, 3.8) is 0 Å². The Kier molecular flexibility index (Phi) is 8.51. The Hall–Kier alpha value is -2.65. The Morgan fingerprint density at radius 3 is 2.56 bits per heavy atom. The molecule has 3 aromatic rings. The molecular weight excluding hydrogens is 495 g/mol. The predicted octanol–water partition coefficient (Wildman–Crippen LogP) is 7.19. The molecule has 0 amide bonds. The Morgan fingerprint density at radius 1 is 1.08 bits per heavy atom. The number of fused-ring (bicyclic) bond motifs is 1. The van der Waals surface area contributed by atoms with E-state index in [0.29, 0.717) is 40.8 Å². The van der Waals surface area contributed by atoms with Crippen LogP contribution in [0.25, 0.3) is 11.0 Å². The molecule has 2 aliphatic heterocycles. The van der Waals surface area contributed by atoms with Gasteiger partial charge in [0.05, 0.1) is 27.6 Å². The number of ether oxygens (including phenoxy) is 2. The quantitative estimate of drug-likeness (QED) is 0.241. The Balaban J connectivity index is 0.00000148. The fourth-order valence-corrected chi connectivity index (χ4v) is 5.01. The second-order valence-electron chi connectivity index (χ2n) is 9.79. The maximum atomic E-state index is 6.20. The molecule has 5 nitrogen and oxygen atoms in total. The molecule has 36 heavy (non-hydrogen) atoms. The predicted molar refractivity (Wildman–Crippen MR) is 148 cm³/mol. The minimum atomic E-state index is -0.218. The number of halogens is 2. The van der Waals surface area contributed by atoms with Crippen LogP contribution < -0.4 is 4.74 Å². The Labute approximate surface area is 223 Å². The van der Waals surface area contributed by atoms with Crippen LogP contribution in [0.4, 0.5) is 0 Å². The van der Waals surface area contributed by atoms with Gasteiger partial charge in [0.25, 0.3) is 5.90 Å². The minimum Gasteiger partial charge on any atom is -0.493 e. The number of nitrogens with zero attached hydrogens (tertiary/aromatic N) is 2. The van der Waals surface area contributed by atoms with Crippen LogP contribution in [0.15, 0.2) is 51.9 Å². The van der Waals surface area contributed by atoms with Crippen LogP contribution in [-0.2, 0) is 4.74 Å². The van der Waals surface area contributed by atoms with E-state index >= 15 is 0 Å². The van der Waals surface area contributed by atoms with Crippen molar-refractivity contribution in [2.45, 2.75) is 44.6 Å². The summed E-state index contributed by atoms with van der Waals surface area (Å²) in [7, 11) is 0. The highest BCUT2D eigenvalue weighted by atomic mass is 35.5. The lowest BCUT2D eigenvalue weighted by molar-refractivity contribution is 0.193. The van der Waals surface area contributed by atoms with Gasteiger partial charge in [-0.3, -0.25) is 0 Å². The lowest BCUT2D eigenvalue weighted by Crippen LogP contribution is -2.34. The van der Waals surface area contributed by atoms with Crippen LogP contribution in [-0.4, -0.2) is 49.2 Å². The molecule has 190 valence electrons. The number of rotatable bonds is 7. The molecule has 1 fully saturated rings. The molecule has 0 unspecified atom stereocenters. The maximum Gasteiger partial charge on any atom is 0.253 e. The average molecular weight is 527 g/mol. The van der Waals surface area contributed by atoms with Crippen molar-refractivity contribution >= 4 is 40.1 Å². The highest BCUT2D eigenvalue weighted by Crippen LogP contribution is 2.33. The summed E-state index contributed by atoms with van der Waals surface area (Å²) in [4.78, 5) is 7.14. The largest absolute Gasteiger partial charge is 0.493 e. The van der Waals surface area contributed by atoms with Crippen LogP contribution in [0.5, 0.6) is 5.75 Å². The van der Waals surface area contributed by atoms with E-state index in [0.717, 1.165) is 55.6 Å². The lowest BCUT2D eigenvalue weighted by atomic mass is 9.89. The van der Waals surface area contributed by atoms with Crippen molar-refractivity contribution in [2.24, 2.45) is 4.99 Å². The fraction of sp³-hybridized carbons (Fsp3) is 0.414. The molecule has 2 aliphatic rings. The van der Waals surface area contributed by atoms with Crippen molar-refractivity contribution in [1.29, 1.82) is 0 Å². The third-order valence-electron chi connectivity index (χ3n) is 6.58. The first kappa shape index (κ1) is 26.4. The van der Waals surface area contributed by atoms with E-state index in [1.807, 2.05) is 50.2 Å². The van der Waals surface area contributed by atoms with E-state index in [4.69, 9.17) is 37.1 Å². The Morgan fingerprint density at radius 2 is 1.86 bits per heavy atom. The summed E-state index contributed by atoms with van der Waals surface area (Å²) < 4.78 is 17.9. The van der Waals surface area contributed by atoms with Gasteiger partial charge in [-0.15, -0.1) is 12.8 Å². The van der Waals surface area contributed by atoms with Gasteiger partial charge in [0.15, 0.2) is 5.76 Å². The maximum absolute atomic E-state index is 6.20. The van der Waals surface area contributed by atoms with Gasteiger partial charge in [0.2, 0.25) is 0 Å². The molecule has 7 heteroatoms. The highest BCUT2D eigenvalue weighted by Gasteiger charge is 2.29. The molecule has 5 rings (SSSR count). The van der Waals surface area contributed by atoms with E-state index in [2.05, 4.69) is 28.8 Å². The van der Waals surface area contributed by atoms with Gasteiger partial charge in [-0.05, 0) is 81.9 Å². The topological polar surface area (TPSA) is 47.2 Å². The number of piperidine rings is 1. The van der Waals surface area contributed by atoms with Crippen molar-refractivity contribution in [3.8, 4) is 18.6 Å². The van der Waals surface area contributed by atoms with Gasteiger partial charge in [-0.25, -0.2) is 4.99 Å². The summed E-state index contributed by atoms with van der Waals surface area (Å²) in [5, 5.41) is 2.22. The zero-order chi connectivity index (χ0) is 25.7. The molecule has 0 saturated carbocycles. The highest BCUT2D eigenvalue weighted by molar-refractivity contribution is 6.42. The number of likely N-dealkylation sites (tertiary alicyclic amines) is 1. The van der Waals surface area contributed by atoms with E-state index in [1.165, 1.54) is 5.56 Å². The summed E-state index contributed by atoms with van der Waals surface area (Å²) in [6.45, 7) is 8.53. The summed E-state index contributed by atoms with van der Waals surface area (Å²) in [5.74, 6) is 2.61. The number of furan rings is 1. The summed E-state index contributed by atoms with van der Waals surface area (Å²) in [5.41, 5.74) is 1.86. The third-order valence-corrected chi connectivity index (χ3v) is 7.32. The van der Waals surface area contributed by atoms with Crippen molar-refractivity contribution in [3.05, 3.63) is 63.8 Å². The van der Waals surface area contributed by atoms with Gasteiger partial charge in [-0.1, -0.05) is 35.3 Å². The zero-order valence-corrected chi connectivity index (χ0v) is 22.3. The molecule has 1 aromatic heterocycles. The van der Waals surface area contributed by atoms with Crippen LogP contribution in [0.1, 0.15) is 50.4 Å². The normalized spacial score (nSPS) is 17.8. The lowest BCUT2D eigenvalue weighted by Gasteiger charge is -2.32. The smallest absolute Gasteiger partial charge is 0.253 e. The van der Waals surface area contributed by atoms with Crippen LogP contribution >= 0.6 is 23.2 Å². The molecule has 0 radical (unpaired) electrons. The second kappa shape index (κ2) is 11.6. The van der Waals surface area contributed by atoms with E-state index in [9.17, 15) is 0 Å². The molecule has 0 bridgehead atoms. The van der Waals surface area contributed by atoms with Crippen LogP contribution in [0, 0.1) is 12.8 Å². The first-order valence-corrected chi connectivity index (χ1v) is 13.0. The summed E-state index contributed by atoms with van der Waals surface area (Å²) >= 11 is 12.3. The van der Waals surface area contributed by atoms with Crippen molar-refractivity contribution in [1.82, 2.24) is 4.90 Å². The average Bonchev–Trinajstić information content (AvgIpc) is 3.48. The Bertz CT molecular complexity index is 1240. The fourth-order valence-electron chi connectivity index (χ4n) is 4.70. The molecule has 0 spiro atoms. The van der Waals surface area contributed by atoms with Gasteiger partial charge in [0, 0.05) is 12.6 Å². The summed E-state index contributed by atoms with van der Waals surface area (Å²) in [6, 6.07) is 13.9. The second-order valence-corrected chi connectivity index (χ2v) is 10.6. The molecule has 1 saturated heterocycles. The van der Waals surface area contributed by atoms with Crippen LogP contribution in [0.3, 0.4) is 0 Å². The van der Waals surface area contributed by atoms with Gasteiger partial charge >= 0.3 is 0 Å². The van der Waals surface area contributed by atoms with E-state index < -0.39 is 0 Å². The number of benzene rings is 2. The molecule has 0 aliphatic carbocycles. The number of aliphatic imine (C=N–C) groups is 1. The number of hydrogen-bond acceptors (Lipinski definition) is 5. The SMILES string of the molecule is C#C.CC1(C)COC(c2cc3c(OCCCN4CCC(c5ccc(Cl)c(Cl)c5)CC4)cccc3o2)=N1. The first-order valence-electron chi connectivity index (χ1n) is 12.3. The van der Waals surface area contributed by atoms with Gasteiger partial charge in [-0.2, -0.15) is 0 Å². The summed E-state index contributed by atoms with van der Waals surface area (Å²) in [6.07, 6.45) is 11.2. The monoisotopic (exact) mass is 526 g/mol. The van der Waals surface area contributed by atoms with Crippen molar-refractivity contribution in [2.75, 3.05) is 32.8 Å². The molecular formula is C29H32Cl2N2O3. The van der Waals surface area contributed by atoms with E-state index in [-0.39, 0.29) is 5.54 Å². The van der Waals surface area contributed by atoms with Crippen LogP contribution in [0.2, 0.25) is 10.0 Å². The van der Waals surface area contributed by atoms with Gasteiger partial charge in [0.1, 0.15) is 17.9 Å². The minimum absolute atomic E-state index is 0.218.